The molecule has 1 aromatic carbocycles. The molecule has 2 heteroatoms. The van der Waals surface area contributed by atoms with Gasteiger partial charge >= 0.3 is 0 Å². The fourth-order valence-corrected chi connectivity index (χ4v) is 1.85. The van der Waals surface area contributed by atoms with E-state index in [0.29, 0.717) is 6.61 Å². The quantitative estimate of drug-likeness (QED) is 0.697. The van der Waals surface area contributed by atoms with Gasteiger partial charge in [0.05, 0.1) is 12.7 Å². The predicted molar refractivity (Wildman–Crippen MR) is 63.0 cm³/mol. The molecule has 1 saturated heterocycles. The van der Waals surface area contributed by atoms with Crippen molar-refractivity contribution >= 4 is 11.6 Å². The van der Waals surface area contributed by atoms with E-state index in [1.165, 1.54) is 0 Å². The Hall–Kier alpha value is -1.05. The second-order valence-electron chi connectivity index (χ2n) is 3.77. The Bertz CT molecular complexity index is 409. The molecule has 1 unspecified atom stereocenters. The van der Waals surface area contributed by atoms with Gasteiger partial charge in [0, 0.05) is 11.4 Å². The Morgan fingerprint density at radius 3 is 2.73 bits per heavy atom. The molecule has 15 heavy (non-hydrogen) atoms. The van der Waals surface area contributed by atoms with Gasteiger partial charge in [0.15, 0.2) is 0 Å². The third kappa shape index (κ3) is 2.31. The van der Waals surface area contributed by atoms with E-state index < -0.39 is 0 Å². The summed E-state index contributed by atoms with van der Waals surface area (Å²) in [5.74, 6) is 0. The Labute approximate surface area is 95.0 Å². The van der Waals surface area contributed by atoms with Crippen LogP contribution < -0.4 is 0 Å². The van der Waals surface area contributed by atoms with Crippen LogP contribution in [0.4, 0.5) is 0 Å². The fourth-order valence-electron chi connectivity index (χ4n) is 1.65. The first-order valence-electron chi connectivity index (χ1n) is 4.90. The van der Waals surface area contributed by atoms with Gasteiger partial charge in [-0.2, -0.15) is 0 Å². The maximum atomic E-state index is 5.93. The van der Waals surface area contributed by atoms with Crippen molar-refractivity contribution in [2.24, 2.45) is 0 Å². The van der Waals surface area contributed by atoms with Gasteiger partial charge in [-0.3, -0.25) is 0 Å². The van der Waals surface area contributed by atoms with E-state index in [9.17, 15) is 0 Å². The zero-order valence-corrected chi connectivity index (χ0v) is 9.26. The predicted octanol–water partition coefficient (Wildman–Crippen LogP) is 3.91. The lowest BCUT2D eigenvalue weighted by Gasteiger charge is -2.26. The molecule has 0 aliphatic carbocycles. The molecule has 1 aliphatic heterocycles. The van der Waals surface area contributed by atoms with Crippen molar-refractivity contribution in [2.45, 2.75) is 12.5 Å². The molecular weight excluding hydrogens is 208 g/mol. The highest BCUT2D eigenvalue weighted by Gasteiger charge is 2.20. The highest BCUT2D eigenvalue weighted by Crippen LogP contribution is 2.33. The lowest BCUT2D eigenvalue weighted by atomic mass is 9.96. The first kappa shape index (κ1) is 10.5. The SMILES string of the molecule is C=C1COC(c2cccc(Cl)c2)CC1=C. The summed E-state index contributed by atoms with van der Waals surface area (Å²) in [4.78, 5) is 0. The van der Waals surface area contributed by atoms with Gasteiger partial charge in [-0.05, 0) is 28.8 Å². The lowest BCUT2D eigenvalue weighted by Crippen LogP contribution is -2.15. The highest BCUT2D eigenvalue weighted by atomic mass is 35.5. The van der Waals surface area contributed by atoms with Crippen LogP contribution in [0.15, 0.2) is 48.6 Å². The second-order valence-corrected chi connectivity index (χ2v) is 4.20. The van der Waals surface area contributed by atoms with E-state index >= 15 is 0 Å². The van der Waals surface area contributed by atoms with Gasteiger partial charge < -0.3 is 4.74 Å². The first-order valence-corrected chi connectivity index (χ1v) is 5.27. The number of hydrogen-bond acceptors (Lipinski definition) is 1. The van der Waals surface area contributed by atoms with Crippen molar-refractivity contribution in [1.82, 2.24) is 0 Å². The maximum absolute atomic E-state index is 5.93. The van der Waals surface area contributed by atoms with Crippen molar-refractivity contribution in [3.8, 4) is 0 Å². The second kappa shape index (κ2) is 4.21. The fraction of sp³-hybridized carbons (Fsp3) is 0.231. The molecule has 1 aromatic rings. The minimum Gasteiger partial charge on any atom is -0.369 e. The molecule has 0 saturated carbocycles. The molecule has 0 bridgehead atoms. The average molecular weight is 221 g/mol. The topological polar surface area (TPSA) is 9.23 Å². The average Bonchev–Trinajstić information content (AvgIpc) is 2.22. The van der Waals surface area contributed by atoms with Gasteiger partial charge in [0.2, 0.25) is 0 Å². The van der Waals surface area contributed by atoms with Gasteiger partial charge in [-0.15, -0.1) is 0 Å². The monoisotopic (exact) mass is 220 g/mol. The van der Waals surface area contributed by atoms with Crippen molar-refractivity contribution in [3.63, 3.8) is 0 Å². The van der Waals surface area contributed by atoms with Crippen LogP contribution in [0.3, 0.4) is 0 Å². The molecule has 0 N–H and O–H groups in total. The standard InChI is InChI=1S/C13H13ClO/c1-9-6-13(15-8-10(9)2)11-4-3-5-12(14)7-11/h3-5,7,13H,1-2,6,8H2. The summed E-state index contributed by atoms with van der Waals surface area (Å²) in [6.07, 6.45) is 0.876. The number of ether oxygens (including phenoxy) is 1. The van der Waals surface area contributed by atoms with Crippen LogP contribution in [0.1, 0.15) is 18.1 Å². The molecule has 0 aromatic heterocycles. The normalized spacial score (nSPS) is 21.8. The van der Waals surface area contributed by atoms with Crippen molar-refractivity contribution in [3.05, 3.63) is 59.2 Å². The molecule has 78 valence electrons. The highest BCUT2D eigenvalue weighted by molar-refractivity contribution is 6.30. The Morgan fingerprint density at radius 1 is 1.27 bits per heavy atom. The number of benzene rings is 1. The third-order valence-electron chi connectivity index (χ3n) is 2.61. The van der Waals surface area contributed by atoms with E-state index in [1.807, 2.05) is 24.3 Å². The van der Waals surface area contributed by atoms with Crippen LogP contribution in [-0.2, 0) is 4.74 Å². The molecular formula is C13H13ClO. The summed E-state index contributed by atoms with van der Waals surface area (Å²) in [7, 11) is 0. The summed E-state index contributed by atoms with van der Waals surface area (Å²) in [6, 6.07) is 7.76. The number of hydrogen-bond donors (Lipinski definition) is 0. The molecule has 1 heterocycles. The molecule has 0 radical (unpaired) electrons. The van der Waals surface area contributed by atoms with E-state index in [-0.39, 0.29) is 6.10 Å². The minimum atomic E-state index is 0.0710. The van der Waals surface area contributed by atoms with Gasteiger partial charge in [-0.25, -0.2) is 0 Å². The van der Waals surface area contributed by atoms with Crippen LogP contribution in [0.25, 0.3) is 0 Å². The zero-order chi connectivity index (χ0) is 10.8. The minimum absolute atomic E-state index is 0.0710. The Kier molecular flexibility index (Phi) is 2.94. The van der Waals surface area contributed by atoms with E-state index in [4.69, 9.17) is 16.3 Å². The summed E-state index contributed by atoms with van der Waals surface area (Å²) in [5, 5.41) is 0.742. The summed E-state index contributed by atoms with van der Waals surface area (Å²) in [5.41, 5.74) is 3.18. The van der Waals surface area contributed by atoms with Crippen LogP contribution >= 0.6 is 11.6 Å². The summed E-state index contributed by atoms with van der Waals surface area (Å²) < 4.78 is 5.68. The van der Waals surface area contributed by atoms with Crippen molar-refractivity contribution < 1.29 is 4.74 Å². The molecule has 0 spiro atoms. The molecule has 1 aliphatic rings. The number of rotatable bonds is 1. The zero-order valence-electron chi connectivity index (χ0n) is 8.50. The molecule has 1 atom stereocenters. The van der Waals surface area contributed by atoms with Gasteiger partial charge in [-0.1, -0.05) is 36.9 Å². The molecule has 0 amide bonds. The van der Waals surface area contributed by atoms with E-state index in [0.717, 1.165) is 28.2 Å². The molecule has 1 nitrogen and oxygen atoms in total. The molecule has 2 rings (SSSR count). The number of halogens is 1. The third-order valence-corrected chi connectivity index (χ3v) is 2.85. The Balaban J connectivity index is 2.19. The van der Waals surface area contributed by atoms with Gasteiger partial charge in [0.25, 0.3) is 0 Å². The van der Waals surface area contributed by atoms with Crippen LogP contribution in [0.5, 0.6) is 0 Å². The van der Waals surface area contributed by atoms with E-state index in [2.05, 4.69) is 13.2 Å². The smallest absolute Gasteiger partial charge is 0.0870 e. The van der Waals surface area contributed by atoms with Crippen molar-refractivity contribution in [1.29, 1.82) is 0 Å². The van der Waals surface area contributed by atoms with Crippen molar-refractivity contribution in [2.75, 3.05) is 6.61 Å². The lowest BCUT2D eigenvalue weighted by molar-refractivity contribution is 0.0572. The van der Waals surface area contributed by atoms with Crippen LogP contribution in [0.2, 0.25) is 5.02 Å². The largest absolute Gasteiger partial charge is 0.369 e. The van der Waals surface area contributed by atoms with Crippen LogP contribution in [-0.4, -0.2) is 6.61 Å². The first-order chi connectivity index (χ1) is 7.16. The summed E-state index contributed by atoms with van der Waals surface area (Å²) in [6.45, 7) is 8.44. The maximum Gasteiger partial charge on any atom is 0.0870 e. The summed E-state index contributed by atoms with van der Waals surface area (Å²) >= 11 is 5.93. The van der Waals surface area contributed by atoms with Crippen LogP contribution in [0, 0.1) is 0 Å². The Morgan fingerprint density at radius 2 is 2.07 bits per heavy atom. The molecule has 1 fully saturated rings. The van der Waals surface area contributed by atoms with E-state index in [1.54, 1.807) is 0 Å². The van der Waals surface area contributed by atoms with Gasteiger partial charge in [0.1, 0.15) is 0 Å².